The molecule has 1 aromatic heterocycles. The number of benzene rings is 1. The minimum absolute atomic E-state index is 0.157. The van der Waals surface area contributed by atoms with E-state index in [4.69, 9.17) is 5.84 Å². The molecule has 0 bridgehead atoms. The lowest BCUT2D eigenvalue weighted by molar-refractivity contribution is 0.598. The van der Waals surface area contributed by atoms with Crippen molar-refractivity contribution in [3.63, 3.8) is 0 Å². The highest BCUT2D eigenvalue weighted by Gasteiger charge is 2.21. The fourth-order valence-corrected chi connectivity index (χ4v) is 3.30. The van der Waals surface area contributed by atoms with Gasteiger partial charge in [0, 0.05) is 10.7 Å². The van der Waals surface area contributed by atoms with Gasteiger partial charge in [0.2, 0.25) is 5.03 Å². The second-order valence-corrected chi connectivity index (χ2v) is 6.43. The maximum atomic E-state index is 12.4. The van der Waals surface area contributed by atoms with Crippen molar-refractivity contribution in [2.75, 3.05) is 10.1 Å². The van der Waals surface area contributed by atoms with E-state index >= 15 is 0 Å². The summed E-state index contributed by atoms with van der Waals surface area (Å²) in [6.45, 7) is 1.87. The van der Waals surface area contributed by atoms with Crippen molar-refractivity contribution in [2.24, 2.45) is 5.84 Å². The van der Waals surface area contributed by atoms with E-state index in [0.29, 0.717) is 10.2 Å². The number of hydrazine groups is 1. The van der Waals surface area contributed by atoms with Gasteiger partial charge in [-0.05, 0) is 46.6 Å². The third-order valence-corrected chi connectivity index (χ3v) is 4.99. The predicted molar refractivity (Wildman–Crippen MR) is 81.7 cm³/mol. The largest absolute Gasteiger partial charge is 0.321 e. The van der Waals surface area contributed by atoms with Gasteiger partial charge in [0.1, 0.15) is 0 Å². The first-order chi connectivity index (χ1) is 9.45. The SMILES string of the molecule is Cc1cccc(NS(=O)(=O)c2ncccc2NN)c1Br. The number of hydrogen-bond donors (Lipinski definition) is 3. The molecule has 1 aromatic carbocycles. The first-order valence-corrected chi connectivity index (χ1v) is 7.93. The molecule has 20 heavy (non-hydrogen) atoms. The molecule has 6 nitrogen and oxygen atoms in total. The number of rotatable bonds is 4. The smallest absolute Gasteiger partial charge is 0.281 e. The zero-order valence-electron chi connectivity index (χ0n) is 10.6. The van der Waals surface area contributed by atoms with Crippen molar-refractivity contribution in [3.05, 3.63) is 46.6 Å². The van der Waals surface area contributed by atoms with Crippen molar-refractivity contribution in [1.82, 2.24) is 4.98 Å². The van der Waals surface area contributed by atoms with Gasteiger partial charge in [0.25, 0.3) is 10.0 Å². The Labute approximate surface area is 125 Å². The summed E-state index contributed by atoms with van der Waals surface area (Å²) < 4.78 is 27.9. The standard InChI is InChI=1S/C12H13BrN4O2S/c1-8-4-2-5-9(11(8)13)17-20(18,19)12-10(16-14)6-3-7-15-12/h2-7,16-17H,14H2,1H3. The summed E-state index contributed by atoms with van der Waals surface area (Å²) in [5.41, 5.74) is 3.91. The average Bonchev–Trinajstić information content (AvgIpc) is 2.43. The molecule has 0 aliphatic heterocycles. The highest BCUT2D eigenvalue weighted by molar-refractivity contribution is 9.10. The van der Waals surface area contributed by atoms with Gasteiger partial charge in [-0.3, -0.25) is 10.6 Å². The molecule has 0 fully saturated rings. The first-order valence-electron chi connectivity index (χ1n) is 5.65. The van der Waals surface area contributed by atoms with Crippen LogP contribution in [0.4, 0.5) is 11.4 Å². The molecule has 0 radical (unpaired) electrons. The highest BCUT2D eigenvalue weighted by atomic mass is 79.9. The van der Waals surface area contributed by atoms with Gasteiger partial charge in [-0.15, -0.1) is 0 Å². The molecular formula is C12H13BrN4O2S. The zero-order valence-corrected chi connectivity index (χ0v) is 13.0. The van der Waals surface area contributed by atoms with Crippen molar-refractivity contribution >= 4 is 37.3 Å². The van der Waals surface area contributed by atoms with Gasteiger partial charge < -0.3 is 5.43 Å². The van der Waals surface area contributed by atoms with Crippen LogP contribution >= 0.6 is 15.9 Å². The van der Waals surface area contributed by atoms with Crippen LogP contribution in [0.1, 0.15) is 5.56 Å². The molecule has 0 aliphatic carbocycles. The second-order valence-electron chi connectivity index (χ2n) is 4.04. The number of halogens is 1. The Kier molecular flexibility index (Phi) is 4.26. The molecule has 106 valence electrons. The third-order valence-electron chi connectivity index (χ3n) is 2.62. The minimum Gasteiger partial charge on any atom is -0.321 e. The van der Waals surface area contributed by atoms with Crippen LogP contribution in [0.3, 0.4) is 0 Å². The molecule has 4 N–H and O–H groups in total. The van der Waals surface area contributed by atoms with E-state index in [-0.39, 0.29) is 10.7 Å². The number of aryl methyl sites for hydroxylation is 1. The van der Waals surface area contributed by atoms with Gasteiger partial charge in [0.15, 0.2) is 0 Å². The topological polar surface area (TPSA) is 97.1 Å². The van der Waals surface area contributed by atoms with Crippen molar-refractivity contribution < 1.29 is 8.42 Å². The van der Waals surface area contributed by atoms with Crippen LogP contribution in [-0.4, -0.2) is 13.4 Å². The lowest BCUT2D eigenvalue weighted by Gasteiger charge is -2.12. The zero-order chi connectivity index (χ0) is 14.8. The van der Waals surface area contributed by atoms with Crippen LogP contribution < -0.4 is 16.0 Å². The molecular weight excluding hydrogens is 344 g/mol. The second kappa shape index (κ2) is 5.78. The van der Waals surface area contributed by atoms with Crippen LogP contribution in [-0.2, 0) is 10.0 Å². The lowest BCUT2D eigenvalue weighted by atomic mass is 10.2. The molecule has 0 saturated heterocycles. The molecule has 1 heterocycles. The van der Waals surface area contributed by atoms with E-state index in [1.807, 2.05) is 13.0 Å². The normalized spacial score (nSPS) is 11.2. The third kappa shape index (κ3) is 2.92. The lowest BCUT2D eigenvalue weighted by Crippen LogP contribution is -2.19. The van der Waals surface area contributed by atoms with E-state index in [1.165, 1.54) is 12.3 Å². The molecule has 2 aromatic rings. The van der Waals surface area contributed by atoms with E-state index in [9.17, 15) is 8.42 Å². The quantitative estimate of drug-likeness (QED) is 0.576. The van der Waals surface area contributed by atoms with E-state index in [1.54, 1.807) is 18.2 Å². The van der Waals surface area contributed by atoms with Crippen LogP contribution in [0.15, 0.2) is 46.0 Å². The van der Waals surface area contributed by atoms with Gasteiger partial charge >= 0.3 is 0 Å². The Morgan fingerprint density at radius 3 is 2.60 bits per heavy atom. The van der Waals surface area contributed by atoms with Crippen molar-refractivity contribution in [2.45, 2.75) is 11.9 Å². The predicted octanol–water partition coefficient (Wildman–Crippen LogP) is 2.24. The van der Waals surface area contributed by atoms with E-state index in [0.717, 1.165) is 5.56 Å². The summed E-state index contributed by atoms with van der Waals surface area (Å²) in [7, 11) is -3.83. The molecule has 0 aliphatic rings. The van der Waals surface area contributed by atoms with Crippen LogP contribution in [0.2, 0.25) is 0 Å². The summed E-state index contributed by atoms with van der Waals surface area (Å²) in [6, 6.07) is 8.42. The number of nitrogens with zero attached hydrogens (tertiary/aromatic N) is 1. The molecule has 2 rings (SSSR count). The number of aromatic nitrogens is 1. The molecule has 0 saturated carbocycles. The summed E-state index contributed by atoms with van der Waals surface area (Å²) in [5.74, 6) is 5.30. The number of nitrogen functional groups attached to an aromatic ring is 1. The maximum absolute atomic E-state index is 12.4. The Hall–Kier alpha value is -1.64. The van der Waals surface area contributed by atoms with Gasteiger partial charge in [-0.2, -0.15) is 8.42 Å². The maximum Gasteiger partial charge on any atom is 0.281 e. The van der Waals surface area contributed by atoms with Crippen LogP contribution in [0.5, 0.6) is 0 Å². The Morgan fingerprint density at radius 2 is 1.90 bits per heavy atom. The number of anilines is 2. The Bertz CT molecular complexity index is 734. The summed E-state index contributed by atoms with van der Waals surface area (Å²) in [6.07, 6.45) is 1.39. The fourth-order valence-electron chi connectivity index (χ4n) is 1.63. The fraction of sp³-hybridized carbons (Fsp3) is 0.0833. The summed E-state index contributed by atoms with van der Waals surface area (Å²) in [5, 5.41) is -0.157. The Morgan fingerprint density at radius 1 is 1.20 bits per heavy atom. The summed E-state index contributed by atoms with van der Waals surface area (Å²) in [4.78, 5) is 3.86. The number of pyridine rings is 1. The molecule has 8 heteroatoms. The van der Waals surface area contributed by atoms with Gasteiger partial charge in [-0.25, -0.2) is 4.98 Å². The molecule has 0 amide bonds. The van der Waals surface area contributed by atoms with Crippen molar-refractivity contribution in [1.29, 1.82) is 0 Å². The highest BCUT2D eigenvalue weighted by Crippen LogP contribution is 2.28. The monoisotopic (exact) mass is 356 g/mol. The average molecular weight is 357 g/mol. The number of hydrogen-bond acceptors (Lipinski definition) is 5. The first kappa shape index (κ1) is 14.8. The van der Waals surface area contributed by atoms with E-state index < -0.39 is 10.0 Å². The van der Waals surface area contributed by atoms with Crippen molar-refractivity contribution in [3.8, 4) is 0 Å². The number of sulfonamides is 1. The molecule has 0 atom stereocenters. The molecule has 0 unspecified atom stereocenters. The van der Waals surface area contributed by atoms with Crippen LogP contribution in [0.25, 0.3) is 0 Å². The van der Waals surface area contributed by atoms with Gasteiger partial charge in [-0.1, -0.05) is 12.1 Å². The number of nitrogens with one attached hydrogen (secondary N) is 2. The molecule has 0 spiro atoms. The number of nitrogens with two attached hydrogens (primary N) is 1. The van der Waals surface area contributed by atoms with Crippen LogP contribution in [0, 0.1) is 6.92 Å². The van der Waals surface area contributed by atoms with E-state index in [2.05, 4.69) is 31.1 Å². The minimum atomic E-state index is -3.83. The van der Waals surface area contributed by atoms with Gasteiger partial charge in [0.05, 0.1) is 11.4 Å². The Balaban J connectivity index is 2.44. The summed E-state index contributed by atoms with van der Waals surface area (Å²) >= 11 is 3.35.